The Bertz CT molecular complexity index is 556. The number of thioether (sulfide) groups is 1. The van der Waals surface area contributed by atoms with Crippen LogP contribution in [0.25, 0.3) is 6.08 Å². The lowest BCUT2D eigenvalue weighted by Crippen LogP contribution is -2.47. The largest absolute Gasteiger partial charge is 0.372 e. The smallest absolute Gasteiger partial charge is 0.286 e. The number of amides is 1. The van der Waals surface area contributed by atoms with Crippen LogP contribution in [0.5, 0.6) is 0 Å². The van der Waals surface area contributed by atoms with Crippen molar-refractivity contribution < 1.29 is 9.53 Å². The van der Waals surface area contributed by atoms with E-state index in [0.29, 0.717) is 4.91 Å². The molecule has 6 heteroatoms. The summed E-state index contributed by atoms with van der Waals surface area (Å²) >= 11 is 3.09. The highest BCUT2D eigenvalue weighted by Gasteiger charge is 2.30. The van der Waals surface area contributed by atoms with Gasteiger partial charge in [0.1, 0.15) is 0 Å². The van der Waals surface area contributed by atoms with E-state index in [1.165, 1.54) is 11.8 Å². The average molecular weight is 308 g/mol. The molecule has 0 aliphatic carbocycles. The summed E-state index contributed by atoms with van der Waals surface area (Å²) in [7, 11) is 0. The van der Waals surface area contributed by atoms with Crippen molar-refractivity contribution in [3.8, 4) is 0 Å². The summed E-state index contributed by atoms with van der Waals surface area (Å²) in [6.07, 6.45) is 2.26. The number of ether oxygens (including phenoxy) is 1. The zero-order valence-electron chi connectivity index (χ0n) is 11.4. The summed E-state index contributed by atoms with van der Waals surface area (Å²) in [6, 6.07) is 3.98. The number of hydrogen-bond acceptors (Lipinski definition) is 5. The summed E-state index contributed by atoms with van der Waals surface area (Å²) < 4.78 is 5.71. The molecular formula is C14H16N2O2S2. The zero-order valence-corrected chi connectivity index (χ0v) is 13.0. The van der Waals surface area contributed by atoms with Crippen LogP contribution in [0.4, 0.5) is 0 Å². The molecule has 0 N–H and O–H groups in total. The molecule has 4 nitrogen and oxygen atoms in total. The molecule has 0 spiro atoms. The van der Waals surface area contributed by atoms with Gasteiger partial charge >= 0.3 is 0 Å². The number of hydrogen-bond donors (Lipinski definition) is 0. The third-order valence-corrected chi connectivity index (χ3v) is 4.98. The first-order valence-electron chi connectivity index (χ1n) is 6.58. The predicted octanol–water partition coefficient (Wildman–Crippen LogP) is 2.83. The molecule has 2 atom stereocenters. The Morgan fingerprint density at radius 3 is 2.80 bits per heavy atom. The summed E-state index contributed by atoms with van der Waals surface area (Å²) in [5.41, 5.74) is 0. The maximum atomic E-state index is 12.0. The van der Waals surface area contributed by atoms with Gasteiger partial charge in [0.05, 0.1) is 17.1 Å². The van der Waals surface area contributed by atoms with Crippen LogP contribution >= 0.6 is 23.1 Å². The highest BCUT2D eigenvalue weighted by molar-refractivity contribution is 8.18. The van der Waals surface area contributed by atoms with E-state index in [9.17, 15) is 4.79 Å². The molecule has 2 aliphatic heterocycles. The van der Waals surface area contributed by atoms with E-state index in [-0.39, 0.29) is 18.1 Å². The first kappa shape index (κ1) is 13.9. The molecule has 0 aromatic carbocycles. The average Bonchev–Trinajstić information content (AvgIpc) is 3.00. The highest BCUT2D eigenvalue weighted by atomic mass is 32.2. The molecule has 3 rings (SSSR count). The molecule has 20 heavy (non-hydrogen) atoms. The van der Waals surface area contributed by atoms with Gasteiger partial charge < -0.3 is 9.64 Å². The molecule has 106 valence electrons. The Balaban J connectivity index is 1.74. The second kappa shape index (κ2) is 5.71. The maximum Gasteiger partial charge on any atom is 0.286 e. The predicted molar refractivity (Wildman–Crippen MR) is 83.9 cm³/mol. The van der Waals surface area contributed by atoms with E-state index in [4.69, 9.17) is 4.74 Å². The van der Waals surface area contributed by atoms with Crippen LogP contribution in [0.2, 0.25) is 0 Å². The molecule has 1 aromatic rings. The lowest BCUT2D eigenvalue weighted by Gasteiger charge is -2.35. The number of amidine groups is 1. The van der Waals surface area contributed by atoms with Crippen molar-refractivity contribution >= 4 is 40.2 Å². The molecular weight excluding hydrogens is 292 g/mol. The molecule has 1 saturated heterocycles. The summed E-state index contributed by atoms with van der Waals surface area (Å²) in [5, 5.41) is 2.81. The molecule has 1 aromatic heterocycles. The SMILES string of the molecule is C[C@@H]1CN(C2=NC(=O)/C(=C\c3cccs3)S2)C[C@H](C)O1. The normalized spacial score (nSPS) is 29.1. The first-order valence-corrected chi connectivity index (χ1v) is 8.28. The number of carbonyl (C=O) groups is 1. The summed E-state index contributed by atoms with van der Waals surface area (Å²) in [6.45, 7) is 5.67. The van der Waals surface area contributed by atoms with Crippen LogP contribution in [0, 0.1) is 0 Å². The third-order valence-electron chi connectivity index (χ3n) is 3.12. The van der Waals surface area contributed by atoms with E-state index >= 15 is 0 Å². The van der Waals surface area contributed by atoms with Gasteiger partial charge in [-0.25, -0.2) is 0 Å². The van der Waals surface area contributed by atoms with Crippen molar-refractivity contribution in [3.63, 3.8) is 0 Å². The Labute approximate surface area is 126 Å². The van der Waals surface area contributed by atoms with Gasteiger partial charge in [-0.15, -0.1) is 11.3 Å². The highest BCUT2D eigenvalue weighted by Crippen LogP contribution is 2.32. The zero-order chi connectivity index (χ0) is 14.1. The van der Waals surface area contributed by atoms with Crippen LogP contribution < -0.4 is 0 Å². The number of thiophene rings is 1. The van der Waals surface area contributed by atoms with Crippen LogP contribution in [0.15, 0.2) is 27.4 Å². The van der Waals surface area contributed by atoms with Gasteiger partial charge in [-0.3, -0.25) is 4.79 Å². The number of aliphatic imine (C=N–C) groups is 1. The Morgan fingerprint density at radius 1 is 1.40 bits per heavy atom. The lowest BCUT2D eigenvalue weighted by molar-refractivity contribution is -0.113. The monoisotopic (exact) mass is 308 g/mol. The van der Waals surface area contributed by atoms with Gasteiger partial charge in [0.2, 0.25) is 0 Å². The quantitative estimate of drug-likeness (QED) is 0.748. The van der Waals surface area contributed by atoms with Crippen LogP contribution in [-0.4, -0.2) is 41.3 Å². The number of rotatable bonds is 1. The van der Waals surface area contributed by atoms with Crippen LogP contribution in [0.3, 0.4) is 0 Å². The fourth-order valence-electron chi connectivity index (χ4n) is 2.37. The third kappa shape index (κ3) is 2.97. The lowest BCUT2D eigenvalue weighted by atomic mass is 10.2. The van der Waals surface area contributed by atoms with Crippen molar-refractivity contribution in [2.75, 3.05) is 13.1 Å². The minimum atomic E-state index is -0.134. The molecule has 3 heterocycles. The van der Waals surface area contributed by atoms with Gasteiger partial charge in [0.25, 0.3) is 5.91 Å². The fraction of sp³-hybridized carbons (Fsp3) is 0.429. The standard InChI is InChI=1S/C14H16N2O2S2/c1-9-7-16(8-10(2)18-9)14-15-13(17)12(20-14)6-11-4-3-5-19-11/h3-6,9-10H,7-8H2,1-2H3/b12-6+/t9-,10+. The molecule has 0 radical (unpaired) electrons. The number of nitrogens with zero attached hydrogens (tertiary/aromatic N) is 2. The number of carbonyl (C=O) groups excluding carboxylic acids is 1. The molecule has 0 bridgehead atoms. The second-order valence-electron chi connectivity index (χ2n) is 4.99. The fourth-order valence-corrected chi connectivity index (χ4v) is 4.02. The van der Waals surface area contributed by atoms with Gasteiger partial charge in [0, 0.05) is 18.0 Å². The minimum Gasteiger partial charge on any atom is -0.372 e. The van der Waals surface area contributed by atoms with Gasteiger partial charge in [0.15, 0.2) is 5.17 Å². The molecule has 1 fully saturated rings. The van der Waals surface area contributed by atoms with Crippen LogP contribution in [-0.2, 0) is 9.53 Å². The molecule has 2 aliphatic rings. The van der Waals surface area contributed by atoms with Crippen molar-refractivity contribution in [3.05, 3.63) is 27.3 Å². The first-order chi connectivity index (χ1) is 9.61. The minimum absolute atomic E-state index is 0.134. The Morgan fingerprint density at radius 2 is 2.15 bits per heavy atom. The van der Waals surface area contributed by atoms with E-state index in [1.807, 2.05) is 37.4 Å². The van der Waals surface area contributed by atoms with Crippen molar-refractivity contribution in [1.82, 2.24) is 4.90 Å². The van der Waals surface area contributed by atoms with Crippen molar-refractivity contribution in [2.45, 2.75) is 26.1 Å². The van der Waals surface area contributed by atoms with E-state index < -0.39 is 0 Å². The van der Waals surface area contributed by atoms with Crippen molar-refractivity contribution in [2.24, 2.45) is 4.99 Å². The van der Waals surface area contributed by atoms with Gasteiger partial charge in [-0.1, -0.05) is 6.07 Å². The summed E-state index contributed by atoms with van der Waals surface area (Å²) in [5.74, 6) is -0.134. The van der Waals surface area contributed by atoms with Gasteiger partial charge in [-0.2, -0.15) is 4.99 Å². The molecule has 0 unspecified atom stereocenters. The van der Waals surface area contributed by atoms with E-state index in [1.54, 1.807) is 11.3 Å². The Hall–Kier alpha value is -1.11. The summed E-state index contributed by atoms with van der Waals surface area (Å²) in [4.78, 5) is 20.1. The second-order valence-corrected chi connectivity index (χ2v) is 6.98. The number of morpholine rings is 1. The van der Waals surface area contributed by atoms with Gasteiger partial charge in [-0.05, 0) is 43.1 Å². The molecule has 1 amide bonds. The van der Waals surface area contributed by atoms with E-state index in [0.717, 1.165) is 23.1 Å². The van der Waals surface area contributed by atoms with E-state index in [2.05, 4.69) is 9.89 Å². The maximum absolute atomic E-state index is 12.0. The molecule has 0 saturated carbocycles. The topological polar surface area (TPSA) is 41.9 Å². The Kier molecular flexibility index (Phi) is 3.96. The van der Waals surface area contributed by atoms with Crippen molar-refractivity contribution in [1.29, 1.82) is 0 Å². The van der Waals surface area contributed by atoms with Crippen LogP contribution in [0.1, 0.15) is 18.7 Å².